The number of nitriles is 1. The maximum atomic E-state index is 14.5. The van der Waals surface area contributed by atoms with E-state index in [0.717, 1.165) is 18.9 Å². The molecule has 0 spiro atoms. The van der Waals surface area contributed by atoms with Crippen LogP contribution in [0.15, 0.2) is 30.6 Å². The summed E-state index contributed by atoms with van der Waals surface area (Å²) < 4.78 is 58.2. The summed E-state index contributed by atoms with van der Waals surface area (Å²) in [5.74, 6) is -0.947. The number of halogens is 3. The van der Waals surface area contributed by atoms with E-state index in [4.69, 9.17) is 5.26 Å². The molecule has 0 aliphatic heterocycles. The largest absolute Gasteiger partial charge is 0.435 e. The molecule has 1 aliphatic carbocycles. The molecule has 1 aliphatic rings. The van der Waals surface area contributed by atoms with Crippen LogP contribution in [-0.2, 0) is 11.0 Å². The average molecular weight is 411 g/mol. The lowest BCUT2D eigenvalue weighted by Crippen LogP contribution is -2.30. The topological polar surface area (TPSA) is 99.9 Å². The first-order valence-electron chi connectivity index (χ1n) is 8.33. The highest BCUT2D eigenvalue weighted by molar-refractivity contribution is 7.84. The van der Waals surface area contributed by atoms with Crippen LogP contribution in [0, 0.1) is 17.1 Å². The summed E-state index contributed by atoms with van der Waals surface area (Å²) in [6.07, 6.45) is 4.34. The van der Waals surface area contributed by atoms with E-state index in [1.54, 1.807) is 0 Å². The Labute approximate surface area is 161 Å². The number of nitrogens with one attached hydrogen (secondary N) is 2. The molecule has 11 heteroatoms. The first-order valence-corrected chi connectivity index (χ1v) is 9.54. The van der Waals surface area contributed by atoms with Gasteiger partial charge in [-0.25, -0.2) is 23.3 Å². The van der Waals surface area contributed by atoms with Crippen molar-refractivity contribution in [2.45, 2.75) is 30.7 Å². The molecule has 3 rings (SSSR count). The third kappa shape index (κ3) is 5.40. The molecule has 1 fully saturated rings. The number of nitrogens with zero attached hydrogens (tertiary/aromatic N) is 3. The minimum absolute atomic E-state index is 0.0818. The maximum Gasteiger partial charge on any atom is 0.387 e. The van der Waals surface area contributed by atoms with Crippen molar-refractivity contribution in [1.29, 1.82) is 5.26 Å². The molecule has 7 nitrogen and oxygen atoms in total. The Morgan fingerprint density at radius 3 is 2.61 bits per heavy atom. The van der Waals surface area contributed by atoms with Crippen LogP contribution in [0.25, 0.3) is 0 Å². The third-order valence-corrected chi connectivity index (χ3v) is 5.44. The fourth-order valence-corrected chi connectivity index (χ4v) is 3.52. The second-order valence-corrected chi connectivity index (χ2v) is 7.56. The highest BCUT2D eigenvalue weighted by atomic mass is 32.2. The summed E-state index contributed by atoms with van der Waals surface area (Å²) in [4.78, 5) is 7.96. The van der Waals surface area contributed by atoms with Crippen LogP contribution >= 0.6 is 0 Å². The van der Waals surface area contributed by atoms with Gasteiger partial charge in [0.1, 0.15) is 17.6 Å². The van der Waals surface area contributed by atoms with Crippen LogP contribution in [0.5, 0.6) is 5.75 Å². The second-order valence-electron chi connectivity index (χ2n) is 6.01. The molecule has 1 saturated carbocycles. The van der Waals surface area contributed by atoms with E-state index >= 15 is 0 Å². The molecule has 28 heavy (non-hydrogen) atoms. The van der Waals surface area contributed by atoms with Crippen molar-refractivity contribution in [3.05, 3.63) is 47.5 Å². The lowest BCUT2D eigenvalue weighted by atomic mass is 10.1. The van der Waals surface area contributed by atoms with Gasteiger partial charge < -0.3 is 10.1 Å². The maximum absolute atomic E-state index is 14.5. The normalized spacial score (nSPS) is 15.7. The van der Waals surface area contributed by atoms with Gasteiger partial charge in [0.05, 0.1) is 35.0 Å². The highest BCUT2D eigenvalue weighted by Gasteiger charge is 2.29. The number of benzene rings is 1. The van der Waals surface area contributed by atoms with Crippen LogP contribution in [0.2, 0.25) is 0 Å². The zero-order valence-electron chi connectivity index (χ0n) is 14.4. The van der Waals surface area contributed by atoms with Gasteiger partial charge >= 0.3 is 6.61 Å². The SMILES string of the molecule is N#Cc1cnc(NC(CNS(=O)C2CC2)c2ccc(OC(F)F)cc2F)nc1. The highest BCUT2D eigenvalue weighted by Crippen LogP contribution is 2.27. The Morgan fingerprint density at radius 1 is 1.32 bits per heavy atom. The fourth-order valence-electron chi connectivity index (χ4n) is 2.39. The molecule has 0 radical (unpaired) electrons. The molecule has 2 N–H and O–H groups in total. The third-order valence-electron chi connectivity index (χ3n) is 3.91. The van der Waals surface area contributed by atoms with Crippen LogP contribution in [0.3, 0.4) is 0 Å². The Balaban J connectivity index is 1.79. The van der Waals surface area contributed by atoms with Crippen molar-refractivity contribution >= 4 is 16.9 Å². The summed E-state index contributed by atoms with van der Waals surface area (Å²) in [5.41, 5.74) is 0.393. The van der Waals surface area contributed by atoms with Crippen LogP contribution in [-0.4, -0.2) is 32.6 Å². The quantitative estimate of drug-likeness (QED) is 0.658. The number of hydrogen-bond donors (Lipinski definition) is 2. The summed E-state index contributed by atoms with van der Waals surface area (Å²) in [6.45, 7) is -2.98. The standard InChI is InChI=1S/C17H16F3N5O2S/c18-14-5-11(27-16(19)20)1-4-13(14)15(9-24-28(26)12-2-3-12)25-17-22-7-10(6-21)8-23-17/h1,4-5,7-8,12,15-16,24H,2-3,9H2,(H,22,23,25). The Hall–Kier alpha value is -2.71. The Bertz CT molecular complexity index is 887. The van der Waals surface area contributed by atoms with Crippen molar-refractivity contribution in [2.75, 3.05) is 11.9 Å². The van der Waals surface area contributed by atoms with Crippen molar-refractivity contribution in [3.63, 3.8) is 0 Å². The number of aromatic nitrogens is 2. The van der Waals surface area contributed by atoms with E-state index in [0.29, 0.717) is 0 Å². The average Bonchev–Trinajstić information content (AvgIpc) is 3.50. The summed E-state index contributed by atoms with van der Waals surface area (Å²) in [5, 5.41) is 11.8. The molecule has 2 aromatic rings. The molecule has 0 saturated heterocycles. The van der Waals surface area contributed by atoms with Gasteiger partial charge in [0.15, 0.2) is 0 Å². The minimum Gasteiger partial charge on any atom is -0.435 e. The number of alkyl halides is 2. The Morgan fingerprint density at radius 2 is 2.04 bits per heavy atom. The smallest absolute Gasteiger partial charge is 0.387 e. The van der Waals surface area contributed by atoms with Crippen molar-refractivity contribution in [2.24, 2.45) is 0 Å². The van der Waals surface area contributed by atoms with Crippen molar-refractivity contribution < 1.29 is 22.1 Å². The second kappa shape index (κ2) is 8.99. The number of anilines is 1. The lowest BCUT2D eigenvalue weighted by Gasteiger charge is -2.20. The van der Waals surface area contributed by atoms with Gasteiger partial charge in [-0.1, -0.05) is 6.07 Å². The van der Waals surface area contributed by atoms with Gasteiger partial charge in [-0.2, -0.15) is 14.0 Å². The van der Waals surface area contributed by atoms with Crippen LogP contribution < -0.4 is 14.8 Å². The minimum atomic E-state index is -3.06. The molecule has 1 aromatic carbocycles. The van der Waals surface area contributed by atoms with Crippen molar-refractivity contribution in [1.82, 2.24) is 14.7 Å². The van der Waals surface area contributed by atoms with E-state index in [-0.39, 0.29) is 34.6 Å². The lowest BCUT2D eigenvalue weighted by molar-refractivity contribution is -0.0500. The monoisotopic (exact) mass is 411 g/mol. The van der Waals surface area contributed by atoms with Gasteiger partial charge in [0.25, 0.3) is 0 Å². The molecule has 0 bridgehead atoms. The zero-order valence-corrected chi connectivity index (χ0v) is 15.3. The van der Waals surface area contributed by atoms with Gasteiger partial charge in [0.2, 0.25) is 5.95 Å². The summed E-state index contributed by atoms with van der Waals surface area (Å²) in [6, 6.07) is 4.52. The molecular weight excluding hydrogens is 395 g/mol. The van der Waals surface area contributed by atoms with Gasteiger partial charge in [-0.05, 0) is 18.9 Å². The van der Waals surface area contributed by atoms with Crippen molar-refractivity contribution in [3.8, 4) is 11.8 Å². The summed E-state index contributed by atoms with van der Waals surface area (Å²) in [7, 11) is -1.26. The van der Waals surface area contributed by atoms with E-state index < -0.39 is 29.5 Å². The predicted octanol–water partition coefficient (Wildman–Crippen LogP) is 2.66. The molecule has 1 heterocycles. The number of ether oxygens (including phenoxy) is 1. The molecule has 1 aromatic heterocycles. The Kier molecular flexibility index (Phi) is 6.43. The summed E-state index contributed by atoms with van der Waals surface area (Å²) >= 11 is 0. The van der Waals surface area contributed by atoms with Crippen LogP contribution in [0.4, 0.5) is 19.1 Å². The van der Waals surface area contributed by atoms with E-state index in [9.17, 15) is 17.4 Å². The molecule has 2 atom stereocenters. The molecular formula is C17H16F3N5O2S. The van der Waals surface area contributed by atoms with E-state index in [1.165, 1.54) is 24.5 Å². The van der Waals surface area contributed by atoms with Gasteiger partial charge in [0, 0.05) is 23.4 Å². The molecule has 148 valence electrons. The number of hydrogen-bond acceptors (Lipinski definition) is 6. The molecule has 2 unspecified atom stereocenters. The van der Waals surface area contributed by atoms with Gasteiger partial charge in [-0.15, -0.1) is 0 Å². The van der Waals surface area contributed by atoms with E-state index in [1.807, 2.05) is 6.07 Å². The van der Waals surface area contributed by atoms with Gasteiger partial charge in [-0.3, -0.25) is 0 Å². The predicted molar refractivity (Wildman–Crippen MR) is 95.3 cm³/mol. The first-order chi connectivity index (χ1) is 13.5. The van der Waals surface area contributed by atoms with Crippen LogP contribution in [0.1, 0.15) is 30.0 Å². The molecule has 0 amide bonds. The fraction of sp³-hybridized carbons (Fsp3) is 0.353. The first kappa shape index (κ1) is 20.0. The number of rotatable bonds is 9. The van der Waals surface area contributed by atoms with E-state index in [2.05, 4.69) is 24.7 Å². The zero-order chi connectivity index (χ0) is 20.1.